The van der Waals surface area contributed by atoms with E-state index in [2.05, 4.69) is 10.4 Å². The number of aromatic nitrogens is 2. The summed E-state index contributed by atoms with van der Waals surface area (Å²) < 4.78 is 6.40. The Hall–Kier alpha value is -1.56. The molecule has 0 spiro atoms. The highest BCUT2D eigenvalue weighted by Gasteiger charge is 2.22. The Morgan fingerprint density at radius 2 is 2.18 bits per heavy atom. The number of hydrogen-bond donors (Lipinski definition) is 1. The van der Waals surface area contributed by atoms with E-state index in [1.54, 1.807) is 20.9 Å². The van der Waals surface area contributed by atoms with E-state index in [4.69, 9.17) is 16.3 Å². The van der Waals surface area contributed by atoms with Gasteiger partial charge in [0, 0.05) is 7.05 Å². The minimum atomic E-state index is -0.511. The molecule has 0 aliphatic rings. The van der Waals surface area contributed by atoms with Crippen molar-refractivity contribution < 1.29 is 14.3 Å². The summed E-state index contributed by atoms with van der Waals surface area (Å²) in [7, 11) is 1.68. The maximum absolute atomic E-state index is 11.7. The molecule has 6 nitrogen and oxygen atoms in total. The van der Waals surface area contributed by atoms with Crippen molar-refractivity contribution in [2.45, 2.75) is 13.8 Å². The molecule has 1 N–H and O–H groups in total. The van der Waals surface area contributed by atoms with Crippen LogP contribution in [0.5, 0.6) is 0 Å². The lowest BCUT2D eigenvalue weighted by Gasteiger charge is -2.04. The van der Waals surface area contributed by atoms with E-state index in [9.17, 15) is 9.59 Å². The Bertz CT molecular complexity index is 442. The van der Waals surface area contributed by atoms with Gasteiger partial charge in [0.1, 0.15) is 11.4 Å². The number of hydrogen-bond acceptors (Lipinski definition) is 4. The van der Waals surface area contributed by atoms with Gasteiger partial charge in [0.25, 0.3) is 0 Å². The van der Waals surface area contributed by atoms with Crippen molar-refractivity contribution in [3.05, 3.63) is 11.3 Å². The fourth-order valence-electron chi connectivity index (χ4n) is 1.31. The van der Waals surface area contributed by atoms with Gasteiger partial charge in [0.2, 0.25) is 5.91 Å². The molecule has 1 rings (SSSR count). The molecule has 1 aromatic rings. The number of anilines is 1. The first kappa shape index (κ1) is 13.5. The maximum atomic E-state index is 11.7. The largest absolute Gasteiger partial charge is 0.462 e. The van der Waals surface area contributed by atoms with Crippen molar-refractivity contribution in [1.29, 1.82) is 0 Å². The van der Waals surface area contributed by atoms with Crippen LogP contribution < -0.4 is 5.32 Å². The molecule has 0 saturated carbocycles. The molecule has 0 saturated heterocycles. The summed E-state index contributed by atoms with van der Waals surface area (Å²) in [6, 6.07) is 0. The van der Waals surface area contributed by atoms with Crippen LogP contribution in [-0.2, 0) is 16.6 Å². The molecule has 0 aromatic carbocycles. The van der Waals surface area contributed by atoms with Crippen LogP contribution in [0.15, 0.2) is 0 Å². The second-order valence-electron chi connectivity index (χ2n) is 3.33. The molecule has 0 fully saturated rings. The molecule has 7 heteroatoms. The zero-order valence-electron chi connectivity index (χ0n) is 9.91. The summed E-state index contributed by atoms with van der Waals surface area (Å²) in [6.45, 7) is 3.69. The van der Waals surface area contributed by atoms with Crippen molar-refractivity contribution in [2.75, 3.05) is 17.8 Å². The summed E-state index contributed by atoms with van der Waals surface area (Å²) in [6.07, 6.45) is 0. The van der Waals surface area contributed by atoms with Gasteiger partial charge in [-0.2, -0.15) is 5.10 Å². The highest BCUT2D eigenvalue weighted by atomic mass is 35.5. The predicted octanol–water partition coefficient (Wildman–Crippen LogP) is 1.08. The number of ether oxygens (including phenoxy) is 1. The van der Waals surface area contributed by atoms with E-state index in [1.165, 1.54) is 4.68 Å². The first-order valence-corrected chi connectivity index (χ1v) is 5.61. The molecule has 17 heavy (non-hydrogen) atoms. The van der Waals surface area contributed by atoms with Gasteiger partial charge >= 0.3 is 5.97 Å². The number of alkyl halides is 1. The molecule has 0 aliphatic carbocycles. The number of nitrogens with one attached hydrogen (secondary N) is 1. The van der Waals surface area contributed by atoms with Crippen molar-refractivity contribution in [2.24, 2.45) is 7.05 Å². The molecule has 0 radical (unpaired) electrons. The fraction of sp³-hybridized carbons (Fsp3) is 0.500. The van der Waals surface area contributed by atoms with Gasteiger partial charge in [0.15, 0.2) is 5.82 Å². The first-order valence-electron chi connectivity index (χ1n) is 5.07. The van der Waals surface area contributed by atoms with Crippen LogP contribution in [0.25, 0.3) is 0 Å². The van der Waals surface area contributed by atoms with Gasteiger partial charge in [0.05, 0.1) is 12.3 Å². The molecule has 0 atom stereocenters. The molecular weight excluding hydrogens is 246 g/mol. The van der Waals surface area contributed by atoms with Crippen LogP contribution in [0, 0.1) is 6.92 Å². The summed E-state index contributed by atoms with van der Waals surface area (Å²) >= 11 is 5.38. The fourth-order valence-corrected chi connectivity index (χ4v) is 1.38. The second kappa shape index (κ2) is 5.67. The Labute approximate surface area is 104 Å². The number of carbonyl (C=O) groups excluding carboxylic acids is 2. The third kappa shape index (κ3) is 2.97. The Morgan fingerprint density at radius 1 is 1.53 bits per heavy atom. The van der Waals surface area contributed by atoms with Gasteiger partial charge in [-0.05, 0) is 13.8 Å². The number of esters is 1. The summed E-state index contributed by atoms with van der Waals surface area (Å²) in [5, 5.41) is 6.48. The van der Waals surface area contributed by atoms with Crippen LogP contribution in [0.4, 0.5) is 5.82 Å². The third-order valence-electron chi connectivity index (χ3n) is 2.19. The van der Waals surface area contributed by atoms with Crippen molar-refractivity contribution in [3.63, 3.8) is 0 Å². The number of aryl methyl sites for hydroxylation is 1. The highest BCUT2D eigenvalue weighted by molar-refractivity contribution is 6.29. The zero-order valence-corrected chi connectivity index (χ0v) is 10.7. The number of nitrogens with zero attached hydrogens (tertiary/aromatic N) is 2. The molecule has 1 heterocycles. The van der Waals surface area contributed by atoms with Crippen molar-refractivity contribution >= 4 is 29.3 Å². The van der Waals surface area contributed by atoms with E-state index in [0.717, 1.165) is 0 Å². The number of amides is 1. The monoisotopic (exact) mass is 259 g/mol. The lowest BCUT2D eigenvalue weighted by atomic mass is 10.2. The van der Waals surface area contributed by atoms with E-state index < -0.39 is 11.9 Å². The topological polar surface area (TPSA) is 73.2 Å². The number of rotatable bonds is 4. The molecule has 0 aliphatic heterocycles. The van der Waals surface area contributed by atoms with E-state index in [-0.39, 0.29) is 23.9 Å². The molecule has 0 bridgehead atoms. The molecule has 94 valence electrons. The Morgan fingerprint density at radius 3 is 2.71 bits per heavy atom. The minimum absolute atomic E-state index is 0.175. The zero-order chi connectivity index (χ0) is 13.0. The molecule has 1 aromatic heterocycles. The van der Waals surface area contributed by atoms with Crippen LogP contribution >= 0.6 is 11.6 Å². The first-order chi connectivity index (χ1) is 8.01. The molecule has 0 unspecified atom stereocenters. The Kier molecular flexibility index (Phi) is 4.51. The van der Waals surface area contributed by atoms with Crippen LogP contribution in [0.1, 0.15) is 23.0 Å². The van der Waals surface area contributed by atoms with Gasteiger partial charge in [-0.15, -0.1) is 11.6 Å². The van der Waals surface area contributed by atoms with Crippen molar-refractivity contribution in [1.82, 2.24) is 9.78 Å². The van der Waals surface area contributed by atoms with E-state index in [0.29, 0.717) is 5.69 Å². The molecular formula is C10H14ClN3O3. The summed E-state index contributed by atoms with van der Waals surface area (Å²) in [5.41, 5.74) is 0.876. The lowest BCUT2D eigenvalue weighted by molar-refractivity contribution is -0.113. The molecule has 1 amide bonds. The van der Waals surface area contributed by atoms with Gasteiger partial charge in [-0.3, -0.25) is 9.48 Å². The van der Waals surface area contributed by atoms with Crippen LogP contribution in [0.2, 0.25) is 0 Å². The summed E-state index contributed by atoms with van der Waals surface area (Å²) in [4.78, 5) is 22.9. The van der Waals surface area contributed by atoms with Gasteiger partial charge < -0.3 is 10.1 Å². The SMILES string of the molecule is CCOC(=O)c1c(NC(=O)CCl)nn(C)c1C. The quantitative estimate of drug-likeness (QED) is 0.649. The van der Waals surface area contributed by atoms with Crippen molar-refractivity contribution in [3.8, 4) is 0 Å². The van der Waals surface area contributed by atoms with Gasteiger partial charge in [-0.1, -0.05) is 0 Å². The number of halogens is 1. The maximum Gasteiger partial charge on any atom is 0.343 e. The smallest absolute Gasteiger partial charge is 0.343 e. The average molecular weight is 260 g/mol. The highest BCUT2D eigenvalue weighted by Crippen LogP contribution is 2.19. The van der Waals surface area contributed by atoms with E-state index >= 15 is 0 Å². The van der Waals surface area contributed by atoms with Crippen LogP contribution in [-0.4, -0.2) is 34.1 Å². The Balaban J connectivity index is 3.08. The summed E-state index contributed by atoms with van der Waals surface area (Å²) in [5.74, 6) is -0.954. The second-order valence-corrected chi connectivity index (χ2v) is 3.60. The lowest BCUT2D eigenvalue weighted by Crippen LogP contribution is -2.16. The minimum Gasteiger partial charge on any atom is -0.462 e. The average Bonchev–Trinajstić information content (AvgIpc) is 2.54. The predicted molar refractivity (Wildman–Crippen MR) is 63.3 cm³/mol. The van der Waals surface area contributed by atoms with Gasteiger partial charge in [-0.25, -0.2) is 4.79 Å². The number of carbonyl (C=O) groups is 2. The third-order valence-corrected chi connectivity index (χ3v) is 2.44. The standard InChI is InChI=1S/C10H14ClN3O3/c1-4-17-10(16)8-6(2)14(3)13-9(8)12-7(15)5-11/h4-5H2,1-3H3,(H,12,13,15). The normalized spacial score (nSPS) is 10.1. The van der Waals surface area contributed by atoms with Crippen LogP contribution in [0.3, 0.4) is 0 Å². The van der Waals surface area contributed by atoms with E-state index in [1.807, 2.05) is 0 Å².